The Bertz CT molecular complexity index is 559. The van der Waals surface area contributed by atoms with Crippen LogP contribution < -0.4 is 11.3 Å². The Morgan fingerprint density at radius 1 is 1.35 bits per heavy atom. The van der Waals surface area contributed by atoms with Crippen LogP contribution in [-0.4, -0.2) is 20.8 Å². The highest BCUT2D eigenvalue weighted by atomic mass is 15.3. The number of benzene rings is 1. The second kappa shape index (κ2) is 5.34. The SMILES string of the molecule is Cn1ncnc1CC(NN)C1(c2ccccc2)CCC1. The molecule has 2 aromatic rings. The van der Waals surface area contributed by atoms with Crippen molar-refractivity contribution in [3.8, 4) is 0 Å². The standard InChI is InChI=1S/C15H21N5/c1-20-14(17-11-18-20)10-13(19-16)15(8-5-9-15)12-6-3-2-4-7-12/h2-4,6-7,11,13,19H,5,8-10,16H2,1H3. The van der Waals surface area contributed by atoms with Gasteiger partial charge >= 0.3 is 0 Å². The number of hydrazine groups is 1. The van der Waals surface area contributed by atoms with Crippen molar-refractivity contribution in [2.45, 2.75) is 37.1 Å². The normalized spacial score (nSPS) is 18.5. The van der Waals surface area contributed by atoms with E-state index in [4.69, 9.17) is 5.84 Å². The van der Waals surface area contributed by atoms with Crippen LogP contribution in [0.25, 0.3) is 0 Å². The fourth-order valence-electron chi connectivity index (χ4n) is 3.27. The summed E-state index contributed by atoms with van der Waals surface area (Å²) in [5, 5.41) is 4.14. The molecular weight excluding hydrogens is 250 g/mol. The molecule has 0 aliphatic heterocycles. The third-order valence-electron chi connectivity index (χ3n) is 4.65. The molecule has 1 unspecified atom stereocenters. The molecule has 5 nitrogen and oxygen atoms in total. The van der Waals surface area contributed by atoms with E-state index in [1.165, 1.54) is 24.8 Å². The molecule has 3 N–H and O–H groups in total. The summed E-state index contributed by atoms with van der Waals surface area (Å²) >= 11 is 0. The minimum atomic E-state index is 0.127. The number of nitrogens with one attached hydrogen (secondary N) is 1. The van der Waals surface area contributed by atoms with E-state index in [2.05, 4.69) is 45.8 Å². The summed E-state index contributed by atoms with van der Waals surface area (Å²) in [4.78, 5) is 4.33. The Balaban J connectivity index is 1.89. The van der Waals surface area contributed by atoms with Gasteiger partial charge in [-0.2, -0.15) is 5.10 Å². The van der Waals surface area contributed by atoms with E-state index in [-0.39, 0.29) is 11.5 Å². The Morgan fingerprint density at radius 2 is 2.10 bits per heavy atom. The molecule has 0 saturated heterocycles. The van der Waals surface area contributed by atoms with Gasteiger partial charge in [-0.25, -0.2) is 4.98 Å². The molecule has 106 valence electrons. The maximum Gasteiger partial charge on any atom is 0.138 e. The van der Waals surface area contributed by atoms with Gasteiger partial charge in [0.2, 0.25) is 0 Å². The summed E-state index contributed by atoms with van der Waals surface area (Å²) in [6.45, 7) is 0. The predicted molar refractivity (Wildman–Crippen MR) is 77.8 cm³/mol. The van der Waals surface area contributed by atoms with Crippen molar-refractivity contribution in [2.24, 2.45) is 12.9 Å². The third kappa shape index (κ3) is 2.13. The first-order valence-corrected chi connectivity index (χ1v) is 7.11. The zero-order chi connectivity index (χ0) is 14.0. The van der Waals surface area contributed by atoms with Gasteiger partial charge in [0.15, 0.2) is 0 Å². The molecule has 20 heavy (non-hydrogen) atoms. The zero-order valence-corrected chi connectivity index (χ0v) is 11.8. The molecule has 5 heteroatoms. The van der Waals surface area contributed by atoms with Crippen LogP contribution in [0.4, 0.5) is 0 Å². The molecule has 0 bridgehead atoms. The van der Waals surface area contributed by atoms with E-state index in [0.29, 0.717) is 0 Å². The van der Waals surface area contributed by atoms with E-state index in [1.807, 2.05) is 11.7 Å². The summed E-state index contributed by atoms with van der Waals surface area (Å²) in [7, 11) is 1.92. The second-order valence-corrected chi connectivity index (χ2v) is 5.60. The number of aryl methyl sites for hydroxylation is 1. The molecule has 1 aliphatic rings. The van der Waals surface area contributed by atoms with Gasteiger partial charge in [-0.15, -0.1) is 0 Å². The molecule has 0 amide bonds. The molecule has 3 rings (SSSR count). The first-order valence-electron chi connectivity index (χ1n) is 7.11. The van der Waals surface area contributed by atoms with Gasteiger partial charge in [0.1, 0.15) is 12.2 Å². The van der Waals surface area contributed by atoms with Crippen molar-refractivity contribution in [2.75, 3.05) is 0 Å². The largest absolute Gasteiger partial charge is 0.271 e. The number of nitrogens with zero attached hydrogens (tertiary/aromatic N) is 3. The van der Waals surface area contributed by atoms with Crippen molar-refractivity contribution in [1.29, 1.82) is 0 Å². The summed E-state index contributed by atoms with van der Waals surface area (Å²) in [6.07, 6.45) is 5.99. The van der Waals surface area contributed by atoms with Crippen molar-refractivity contribution in [1.82, 2.24) is 20.2 Å². The highest BCUT2D eigenvalue weighted by molar-refractivity contribution is 5.31. The minimum absolute atomic E-state index is 0.127. The van der Waals surface area contributed by atoms with Crippen LogP contribution in [0, 0.1) is 0 Å². The Kier molecular flexibility index (Phi) is 3.54. The average molecular weight is 271 g/mol. The molecule has 1 heterocycles. The minimum Gasteiger partial charge on any atom is -0.271 e. The van der Waals surface area contributed by atoms with Crippen LogP contribution in [0.1, 0.15) is 30.7 Å². The molecule has 1 atom stereocenters. The molecule has 1 saturated carbocycles. The van der Waals surface area contributed by atoms with Crippen molar-refractivity contribution in [3.63, 3.8) is 0 Å². The smallest absolute Gasteiger partial charge is 0.138 e. The lowest BCUT2D eigenvalue weighted by Crippen LogP contribution is -2.56. The van der Waals surface area contributed by atoms with Gasteiger partial charge in [-0.3, -0.25) is 16.0 Å². The van der Waals surface area contributed by atoms with Crippen LogP contribution in [-0.2, 0) is 18.9 Å². The maximum absolute atomic E-state index is 5.86. The van der Waals surface area contributed by atoms with Crippen molar-refractivity contribution >= 4 is 0 Å². The topological polar surface area (TPSA) is 68.8 Å². The van der Waals surface area contributed by atoms with Gasteiger partial charge in [0.25, 0.3) is 0 Å². The Morgan fingerprint density at radius 3 is 2.60 bits per heavy atom. The third-order valence-corrected chi connectivity index (χ3v) is 4.65. The van der Waals surface area contributed by atoms with E-state index in [9.17, 15) is 0 Å². The Hall–Kier alpha value is -1.72. The van der Waals surface area contributed by atoms with E-state index in [0.717, 1.165) is 12.2 Å². The first kappa shape index (κ1) is 13.3. The molecule has 1 fully saturated rings. The number of rotatable bonds is 5. The van der Waals surface area contributed by atoms with Crippen molar-refractivity contribution in [3.05, 3.63) is 48.0 Å². The quantitative estimate of drug-likeness (QED) is 0.635. The zero-order valence-electron chi connectivity index (χ0n) is 11.8. The van der Waals surface area contributed by atoms with Gasteiger partial charge in [-0.05, 0) is 18.4 Å². The van der Waals surface area contributed by atoms with Gasteiger partial charge in [0, 0.05) is 24.9 Å². The number of aromatic nitrogens is 3. The van der Waals surface area contributed by atoms with Crippen LogP contribution in [0.3, 0.4) is 0 Å². The number of hydrogen-bond acceptors (Lipinski definition) is 4. The number of hydrogen-bond donors (Lipinski definition) is 2. The highest BCUT2D eigenvalue weighted by Crippen LogP contribution is 2.46. The molecule has 0 radical (unpaired) electrons. The number of nitrogens with two attached hydrogens (primary N) is 1. The summed E-state index contributed by atoms with van der Waals surface area (Å²) in [5.74, 6) is 6.83. The van der Waals surface area contributed by atoms with Gasteiger partial charge in [-0.1, -0.05) is 36.8 Å². The van der Waals surface area contributed by atoms with Gasteiger partial charge < -0.3 is 0 Å². The van der Waals surface area contributed by atoms with E-state index in [1.54, 1.807) is 6.33 Å². The van der Waals surface area contributed by atoms with Crippen LogP contribution >= 0.6 is 0 Å². The van der Waals surface area contributed by atoms with Gasteiger partial charge in [0.05, 0.1) is 0 Å². The maximum atomic E-state index is 5.86. The molecule has 0 spiro atoms. The summed E-state index contributed by atoms with van der Waals surface area (Å²) < 4.78 is 1.82. The van der Waals surface area contributed by atoms with Crippen LogP contribution in [0.15, 0.2) is 36.7 Å². The Labute approximate surface area is 119 Å². The molecule has 1 aromatic carbocycles. The van der Waals surface area contributed by atoms with Crippen LogP contribution in [0.2, 0.25) is 0 Å². The van der Waals surface area contributed by atoms with E-state index >= 15 is 0 Å². The lowest BCUT2D eigenvalue weighted by atomic mass is 9.59. The fourth-order valence-corrected chi connectivity index (χ4v) is 3.27. The monoisotopic (exact) mass is 271 g/mol. The average Bonchev–Trinajstić information content (AvgIpc) is 2.83. The lowest BCUT2D eigenvalue weighted by molar-refractivity contribution is 0.166. The predicted octanol–water partition coefficient (Wildman–Crippen LogP) is 1.31. The second-order valence-electron chi connectivity index (χ2n) is 5.60. The van der Waals surface area contributed by atoms with Crippen LogP contribution in [0.5, 0.6) is 0 Å². The van der Waals surface area contributed by atoms with E-state index < -0.39 is 0 Å². The fraction of sp³-hybridized carbons (Fsp3) is 0.467. The summed E-state index contributed by atoms with van der Waals surface area (Å²) in [6, 6.07) is 10.9. The summed E-state index contributed by atoms with van der Waals surface area (Å²) in [5.41, 5.74) is 4.53. The first-order chi connectivity index (χ1) is 9.76. The van der Waals surface area contributed by atoms with Crippen molar-refractivity contribution < 1.29 is 0 Å². The highest BCUT2D eigenvalue weighted by Gasteiger charge is 2.45. The lowest BCUT2D eigenvalue weighted by Gasteiger charge is -2.48. The molecule has 1 aromatic heterocycles. The molecular formula is C15H21N5. The molecule has 1 aliphatic carbocycles.